The van der Waals surface area contributed by atoms with Gasteiger partial charge in [-0.3, -0.25) is 4.57 Å². The quantitative estimate of drug-likeness (QED) is 0.671. The molecule has 144 valence electrons. The van der Waals surface area contributed by atoms with Gasteiger partial charge in [-0.1, -0.05) is 0 Å². The van der Waals surface area contributed by atoms with Crippen molar-refractivity contribution in [1.29, 1.82) is 0 Å². The van der Waals surface area contributed by atoms with Gasteiger partial charge in [0, 0.05) is 13.1 Å². The minimum atomic E-state index is -3.83. The summed E-state index contributed by atoms with van der Waals surface area (Å²) in [5, 5.41) is 0. The van der Waals surface area contributed by atoms with Gasteiger partial charge in [-0.25, -0.2) is 22.3 Å². The number of aromatic amines is 1. The third-order valence-corrected chi connectivity index (χ3v) is 5.92. The monoisotopic (exact) mass is 393 g/mol. The molecule has 2 N–H and O–H groups in total. The van der Waals surface area contributed by atoms with Crippen LogP contribution in [0.25, 0.3) is 11.0 Å². The number of benzene rings is 2. The van der Waals surface area contributed by atoms with Crippen LogP contribution >= 0.6 is 0 Å². The van der Waals surface area contributed by atoms with Gasteiger partial charge in [0.1, 0.15) is 16.5 Å². The number of sulfonamides is 1. The van der Waals surface area contributed by atoms with Gasteiger partial charge in [0.15, 0.2) is 0 Å². The maximum Gasteiger partial charge on any atom is 0.326 e. The highest BCUT2D eigenvalue weighted by Crippen LogP contribution is 2.27. The van der Waals surface area contributed by atoms with Gasteiger partial charge in [-0.05, 0) is 55.3 Å². The number of aromatic nitrogens is 2. The van der Waals surface area contributed by atoms with Gasteiger partial charge in [0.2, 0.25) is 10.0 Å². The Morgan fingerprint density at radius 2 is 1.89 bits per heavy atom. The number of H-pyrrole nitrogens is 1. The Kier molecular flexibility index (Phi) is 5.07. The van der Waals surface area contributed by atoms with Crippen LogP contribution in [0.3, 0.4) is 0 Å². The molecule has 0 fully saturated rings. The molecule has 7 nitrogen and oxygen atoms in total. The van der Waals surface area contributed by atoms with Crippen molar-refractivity contribution >= 4 is 21.1 Å². The Bertz CT molecular complexity index is 1170. The first-order chi connectivity index (χ1) is 12.7. The van der Waals surface area contributed by atoms with E-state index in [0.717, 1.165) is 11.1 Å². The Balaban J connectivity index is 1.82. The molecule has 0 unspecified atom stereocenters. The molecule has 0 aliphatic heterocycles. The topological polar surface area (TPSA) is 93.2 Å². The third-order valence-electron chi connectivity index (χ3n) is 4.43. The van der Waals surface area contributed by atoms with Crippen molar-refractivity contribution in [1.82, 2.24) is 14.3 Å². The summed E-state index contributed by atoms with van der Waals surface area (Å²) in [6, 6.07) is 7.16. The summed E-state index contributed by atoms with van der Waals surface area (Å²) in [6.07, 6.45) is 0. The summed E-state index contributed by atoms with van der Waals surface area (Å²) >= 11 is 0. The summed E-state index contributed by atoms with van der Waals surface area (Å²) in [5.41, 5.74) is 2.18. The average Bonchev–Trinajstić information content (AvgIpc) is 2.91. The largest absolute Gasteiger partial charge is 0.495 e. The molecule has 27 heavy (non-hydrogen) atoms. The van der Waals surface area contributed by atoms with Crippen molar-refractivity contribution in [3.8, 4) is 5.75 Å². The van der Waals surface area contributed by atoms with Crippen LogP contribution < -0.4 is 15.1 Å². The summed E-state index contributed by atoms with van der Waals surface area (Å²) in [6.45, 7) is 3.77. The molecule has 0 aliphatic rings. The lowest BCUT2D eigenvalue weighted by Gasteiger charge is -2.13. The van der Waals surface area contributed by atoms with Gasteiger partial charge < -0.3 is 9.72 Å². The fourth-order valence-corrected chi connectivity index (χ4v) is 4.11. The Morgan fingerprint density at radius 1 is 1.19 bits per heavy atom. The molecule has 0 amide bonds. The first-order valence-corrected chi connectivity index (χ1v) is 9.74. The highest BCUT2D eigenvalue weighted by molar-refractivity contribution is 7.89. The Morgan fingerprint density at radius 3 is 2.59 bits per heavy atom. The molecule has 2 aromatic carbocycles. The highest BCUT2D eigenvalue weighted by Gasteiger charge is 2.20. The second-order valence-corrected chi connectivity index (χ2v) is 7.96. The fraction of sp³-hybridized carbons (Fsp3) is 0.278. The molecule has 1 heterocycles. The first-order valence-electron chi connectivity index (χ1n) is 8.26. The summed E-state index contributed by atoms with van der Waals surface area (Å²) < 4.78 is 47.6. The molecule has 0 atom stereocenters. The second-order valence-electron chi connectivity index (χ2n) is 6.23. The normalized spacial score (nSPS) is 11.9. The molecule has 0 bridgehead atoms. The van der Waals surface area contributed by atoms with E-state index in [0.29, 0.717) is 11.0 Å². The number of imidazole rings is 1. The first kappa shape index (κ1) is 19.1. The van der Waals surface area contributed by atoms with Crippen LogP contribution in [0.4, 0.5) is 4.39 Å². The molecule has 0 aliphatic carbocycles. The molecule has 0 spiro atoms. The number of nitrogens with one attached hydrogen (secondary N) is 2. The van der Waals surface area contributed by atoms with Gasteiger partial charge in [-0.15, -0.1) is 0 Å². The predicted octanol–water partition coefficient (Wildman–Crippen LogP) is 2.07. The van der Waals surface area contributed by atoms with Crippen LogP contribution in [0.2, 0.25) is 0 Å². The lowest BCUT2D eigenvalue weighted by molar-refractivity contribution is 0.401. The molecule has 0 radical (unpaired) electrons. The molecule has 3 aromatic rings. The zero-order chi connectivity index (χ0) is 19.8. The van der Waals surface area contributed by atoms with Crippen molar-refractivity contribution in [3.63, 3.8) is 0 Å². The van der Waals surface area contributed by atoms with Crippen LogP contribution in [0.1, 0.15) is 11.1 Å². The number of halogens is 1. The molecule has 9 heteroatoms. The Hall–Kier alpha value is -2.65. The standard InChI is InChI=1S/C18H20FN3O4S/c1-11-8-16(26-3)17(9-12(11)2)27(24,25)20-6-7-22-15-5-4-13(19)10-14(15)21-18(22)23/h4-5,8-10,20H,6-7H2,1-3H3,(H,21,23). The number of aryl methyl sites for hydroxylation is 2. The maximum absolute atomic E-state index is 13.3. The molecule has 0 saturated carbocycles. The number of methoxy groups -OCH3 is 1. The molecular weight excluding hydrogens is 373 g/mol. The minimum absolute atomic E-state index is 0.0113. The van der Waals surface area contributed by atoms with Crippen molar-refractivity contribution in [2.75, 3.05) is 13.7 Å². The molecule has 3 rings (SSSR count). The van der Waals surface area contributed by atoms with E-state index in [1.54, 1.807) is 12.1 Å². The van der Waals surface area contributed by atoms with E-state index in [-0.39, 0.29) is 23.7 Å². The highest BCUT2D eigenvalue weighted by atomic mass is 32.2. The predicted molar refractivity (Wildman–Crippen MR) is 100 cm³/mol. The van der Waals surface area contributed by atoms with Gasteiger partial charge >= 0.3 is 5.69 Å². The second kappa shape index (κ2) is 7.16. The van der Waals surface area contributed by atoms with E-state index >= 15 is 0 Å². The number of fused-ring (bicyclic) bond motifs is 1. The number of nitrogens with zero attached hydrogens (tertiary/aromatic N) is 1. The van der Waals surface area contributed by atoms with E-state index in [4.69, 9.17) is 4.74 Å². The zero-order valence-corrected chi connectivity index (χ0v) is 16.0. The summed E-state index contributed by atoms with van der Waals surface area (Å²) in [4.78, 5) is 14.6. The lowest BCUT2D eigenvalue weighted by Crippen LogP contribution is -2.30. The van der Waals surface area contributed by atoms with Crippen molar-refractivity contribution in [3.05, 3.63) is 57.8 Å². The van der Waals surface area contributed by atoms with Crippen molar-refractivity contribution < 1.29 is 17.5 Å². The van der Waals surface area contributed by atoms with E-state index in [2.05, 4.69) is 9.71 Å². The van der Waals surface area contributed by atoms with E-state index in [9.17, 15) is 17.6 Å². The summed E-state index contributed by atoms with van der Waals surface area (Å²) in [7, 11) is -2.42. The molecular formula is C18H20FN3O4S. The molecule has 0 saturated heterocycles. The number of hydrogen-bond acceptors (Lipinski definition) is 4. The zero-order valence-electron chi connectivity index (χ0n) is 15.2. The average molecular weight is 393 g/mol. The SMILES string of the molecule is COc1cc(C)c(C)cc1S(=O)(=O)NCCn1c(=O)[nH]c2cc(F)ccc21. The third kappa shape index (κ3) is 3.74. The Labute approximate surface area is 155 Å². The van der Waals surface area contributed by atoms with Crippen LogP contribution in [-0.2, 0) is 16.6 Å². The van der Waals surface area contributed by atoms with Gasteiger partial charge in [-0.2, -0.15) is 0 Å². The van der Waals surface area contributed by atoms with E-state index < -0.39 is 21.5 Å². The van der Waals surface area contributed by atoms with Crippen LogP contribution in [0.15, 0.2) is 40.0 Å². The fourth-order valence-electron chi connectivity index (χ4n) is 2.86. The van der Waals surface area contributed by atoms with Gasteiger partial charge in [0.05, 0.1) is 18.1 Å². The van der Waals surface area contributed by atoms with Crippen LogP contribution in [0, 0.1) is 19.7 Å². The van der Waals surface area contributed by atoms with Crippen LogP contribution in [-0.4, -0.2) is 31.6 Å². The molecule has 1 aromatic heterocycles. The summed E-state index contributed by atoms with van der Waals surface area (Å²) in [5.74, 6) is -0.205. The number of ether oxygens (including phenoxy) is 1. The lowest BCUT2D eigenvalue weighted by atomic mass is 10.1. The minimum Gasteiger partial charge on any atom is -0.495 e. The maximum atomic E-state index is 13.3. The number of rotatable bonds is 6. The van der Waals surface area contributed by atoms with Crippen molar-refractivity contribution in [2.45, 2.75) is 25.3 Å². The van der Waals surface area contributed by atoms with Gasteiger partial charge in [0.25, 0.3) is 0 Å². The van der Waals surface area contributed by atoms with E-state index in [1.165, 1.54) is 29.9 Å². The van der Waals surface area contributed by atoms with Crippen molar-refractivity contribution in [2.24, 2.45) is 0 Å². The smallest absolute Gasteiger partial charge is 0.326 e. The van der Waals surface area contributed by atoms with E-state index in [1.807, 2.05) is 13.8 Å². The van der Waals surface area contributed by atoms with Crippen LogP contribution in [0.5, 0.6) is 5.75 Å². The number of hydrogen-bond donors (Lipinski definition) is 2.